The fraction of sp³-hybridized carbons (Fsp3) is 0.208. The van der Waals surface area contributed by atoms with Gasteiger partial charge >= 0.3 is 0 Å². The summed E-state index contributed by atoms with van der Waals surface area (Å²) < 4.78 is 59.6. The molecule has 3 aromatic rings. The molecule has 0 aliphatic heterocycles. The number of para-hydroxylation sites is 2. The number of anilines is 2. The summed E-state index contributed by atoms with van der Waals surface area (Å²) in [4.78, 5) is 12.3. The molecule has 4 rings (SSSR count). The molecule has 0 atom stereocenters. The van der Waals surface area contributed by atoms with E-state index in [2.05, 4.69) is 10.0 Å². The van der Waals surface area contributed by atoms with Crippen LogP contribution in [0.15, 0.2) is 71.6 Å². The van der Waals surface area contributed by atoms with Crippen LogP contribution in [-0.2, 0) is 10.0 Å². The maximum atomic E-state index is 13.4. The monoisotopic (exact) mass is 472 g/mol. The van der Waals surface area contributed by atoms with Gasteiger partial charge in [0.15, 0.2) is 11.6 Å². The highest BCUT2D eigenvalue weighted by Gasteiger charge is 2.19. The quantitative estimate of drug-likeness (QED) is 0.486. The Balaban J connectivity index is 1.44. The van der Waals surface area contributed by atoms with E-state index in [0.717, 1.165) is 37.8 Å². The maximum absolute atomic E-state index is 13.4. The third-order valence-electron chi connectivity index (χ3n) is 5.33. The molecule has 0 aromatic heterocycles. The predicted molar refractivity (Wildman–Crippen MR) is 121 cm³/mol. The summed E-state index contributed by atoms with van der Waals surface area (Å²) in [6.45, 7) is 0. The largest absolute Gasteiger partial charge is 0.488 e. The zero-order valence-electron chi connectivity index (χ0n) is 17.6. The van der Waals surface area contributed by atoms with Gasteiger partial charge in [-0.25, -0.2) is 17.2 Å². The topological polar surface area (TPSA) is 84.5 Å². The second kappa shape index (κ2) is 9.58. The minimum absolute atomic E-state index is 0.143. The number of carbonyl (C=O) groups is 1. The molecule has 1 amide bonds. The lowest BCUT2D eigenvalue weighted by Gasteiger charge is -2.17. The molecule has 6 nitrogen and oxygen atoms in total. The van der Waals surface area contributed by atoms with Crippen LogP contribution >= 0.6 is 0 Å². The van der Waals surface area contributed by atoms with E-state index in [9.17, 15) is 22.0 Å². The number of carbonyl (C=O) groups excluding carboxylic acids is 1. The van der Waals surface area contributed by atoms with Crippen molar-refractivity contribution in [1.82, 2.24) is 0 Å². The lowest BCUT2D eigenvalue weighted by atomic mass is 10.2. The molecule has 0 heterocycles. The number of hydrogen-bond donors (Lipinski definition) is 2. The van der Waals surface area contributed by atoms with Crippen molar-refractivity contribution in [2.24, 2.45) is 0 Å². The molecule has 1 saturated carbocycles. The van der Waals surface area contributed by atoms with E-state index >= 15 is 0 Å². The fourth-order valence-electron chi connectivity index (χ4n) is 3.60. The lowest BCUT2D eigenvalue weighted by Crippen LogP contribution is -2.16. The van der Waals surface area contributed by atoms with Gasteiger partial charge in [0.2, 0.25) is 0 Å². The molecule has 1 aliphatic carbocycles. The van der Waals surface area contributed by atoms with E-state index in [1.807, 2.05) is 12.1 Å². The molecule has 0 saturated heterocycles. The Hall–Kier alpha value is -3.46. The standard InChI is InChI=1S/C24H22F2N2O4S/c25-20-14-13-19(15-21(20)26)33(30,31)28-17-11-9-16(10-12-17)24(29)27-22-7-3-4-8-23(22)32-18-5-1-2-6-18/h3-4,7-15,18,28H,1-2,5-6H2,(H,27,29). The third-order valence-corrected chi connectivity index (χ3v) is 6.71. The third kappa shape index (κ3) is 5.48. The SMILES string of the molecule is O=C(Nc1ccccc1OC1CCCC1)c1ccc(NS(=O)(=O)c2ccc(F)c(F)c2)cc1. The number of halogens is 2. The van der Waals surface area contributed by atoms with Crippen LogP contribution in [0.4, 0.5) is 20.2 Å². The summed E-state index contributed by atoms with van der Waals surface area (Å²) >= 11 is 0. The van der Waals surface area contributed by atoms with Gasteiger partial charge in [-0.3, -0.25) is 9.52 Å². The first-order valence-corrected chi connectivity index (χ1v) is 11.9. The molecular weight excluding hydrogens is 450 g/mol. The normalized spacial score (nSPS) is 14.1. The first-order chi connectivity index (χ1) is 15.8. The van der Waals surface area contributed by atoms with E-state index in [4.69, 9.17) is 4.74 Å². The highest BCUT2D eigenvalue weighted by Crippen LogP contribution is 2.30. The molecule has 0 spiro atoms. The summed E-state index contributed by atoms with van der Waals surface area (Å²) in [7, 11) is -4.13. The Labute approximate surface area is 190 Å². The molecule has 33 heavy (non-hydrogen) atoms. The summed E-state index contributed by atoms with van der Waals surface area (Å²) in [6.07, 6.45) is 4.38. The van der Waals surface area contributed by atoms with Crippen molar-refractivity contribution in [2.75, 3.05) is 10.0 Å². The van der Waals surface area contributed by atoms with Crippen molar-refractivity contribution in [3.05, 3.63) is 83.9 Å². The van der Waals surface area contributed by atoms with Gasteiger partial charge in [-0.15, -0.1) is 0 Å². The Morgan fingerprint density at radius 1 is 0.909 bits per heavy atom. The van der Waals surface area contributed by atoms with Crippen LogP contribution in [0.3, 0.4) is 0 Å². The van der Waals surface area contributed by atoms with Crippen molar-refractivity contribution in [1.29, 1.82) is 0 Å². The molecule has 0 radical (unpaired) electrons. The summed E-state index contributed by atoms with van der Waals surface area (Å²) in [5.41, 5.74) is 1.03. The molecule has 9 heteroatoms. The Morgan fingerprint density at radius 2 is 1.61 bits per heavy atom. The number of sulfonamides is 1. The zero-order valence-corrected chi connectivity index (χ0v) is 18.4. The Morgan fingerprint density at radius 3 is 2.30 bits per heavy atom. The van der Waals surface area contributed by atoms with E-state index in [0.29, 0.717) is 23.1 Å². The Kier molecular flexibility index (Phi) is 6.60. The lowest BCUT2D eigenvalue weighted by molar-refractivity contribution is 0.102. The number of hydrogen-bond acceptors (Lipinski definition) is 4. The van der Waals surface area contributed by atoms with Gasteiger partial charge in [-0.2, -0.15) is 0 Å². The first-order valence-electron chi connectivity index (χ1n) is 10.5. The van der Waals surface area contributed by atoms with Crippen molar-refractivity contribution < 1.29 is 26.7 Å². The van der Waals surface area contributed by atoms with Gasteiger partial charge < -0.3 is 10.1 Å². The zero-order chi connectivity index (χ0) is 23.4. The predicted octanol–water partition coefficient (Wildman–Crippen LogP) is 5.34. The van der Waals surface area contributed by atoms with Gasteiger partial charge in [0.25, 0.3) is 15.9 Å². The van der Waals surface area contributed by atoms with Crippen LogP contribution < -0.4 is 14.8 Å². The van der Waals surface area contributed by atoms with Crippen molar-refractivity contribution in [2.45, 2.75) is 36.7 Å². The molecule has 0 bridgehead atoms. The second-order valence-corrected chi connectivity index (χ2v) is 9.42. The van der Waals surface area contributed by atoms with E-state index < -0.39 is 26.6 Å². The minimum Gasteiger partial charge on any atom is -0.488 e. The smallest absolute Gasteiger partial charge is 0.261 e. The summed E-state index contributed by atoms with van der Waals surface area (Å²) in [5.74, 6) is -2.18. The maximum Gasteiger partial charge on any atom is 0.261 e. The van der Waals surface area contributed by atoms with E-state index in [1.165, 1.54) is 24.3 Å². The summed E-state index contributed by atoms with van der Waals surface area (Å²) in [5, 5.41) is 2.83. The molecular formula is C24H22F2N2O4S. The molecule has 1 fully saturated rings. The number of nitrogens with one attached hydrogen (secondary N) is 2. The second-order valence-electron chi connectivity index (χ2n) is 7.73. The van der Waals surface area contributed by atoms with Gasteiger partial charge in [0.05, 0.1) is 16.7 Å². The highest BCUT2D eigenvalue weighted by molar-refractivity contribution is 7.92. The van der Waals surface area contributed by atoms with Gasteiger partial charge in [0.1, 0.15) is 5.75 Å². The number of benzene rings is 3. The van der Waals surface area contributed by atoms with Crippen LogP contribution in [0.2, 0.25) is 0 Å². The van der Waals surface area contributed by atoms with Crippen LogP contribution in [0, 0.1) is 11.6 Å². The number of amides is 1. The molecule has 172 valence electrons. The van der Waals surface area contributed by atoms with Crippen LogP contribution in [0.25, 0.3) is 0 Å². The molecule has 3 aromatic carbocycles. The van der Waals surface area contributed by atoms with Crippen LogP contribution in [0.5, 0.6) is 5.75 Å². The fourth-order valence-corrected chi connectivity index (χ4v) is 4.67. The van der Waals surface area contributed by atoms with Gasteiger partial charge in [0, 0.05) is 11.3 Å². The van der Waals surface area contributed by atoms with Gasteiger partial charge in [-0.05, 0) is 80.3 Å². The average molecular weight is 473 g/mol. The molecule has 1 aliphatic rings. The Bertz CT molecular complexity index is 1260. The summed E-state index contributed by atoms with van der Waals surface area (Å²) in [6, 6.07) is 15.2. The van der Waals surface area contributed by atoms with Crippen LogP contribution in [-0.4, -0.2) is 20.4 Å². The minimum atomic E-state index is -4.13. The van der Waals surface area contributed by atoms with E-state index in [1.54, 1.807) is 12.1 Å². The van der Waals surface area contributed by atoms with Crippen LogP contribution in [0.1, 0.15) is 36.0 Å². The van der Waals surface area contributed by atoms with Crippen molar-refractivity contribution in [3.63, 3.8) is 0 Å². The van der Waals surface area contributed by atoms with E-state index in [-0.39, 0.29) is 17.7 Å². The molecule has 0 unspecified atom stereocenters. The molecule has 2 N–H and O–H groups in total. The van der Waals surface area contributed by atoms with Crippen molar-refractivity contribution >= 4 is 27.3 Å². The highest BCUT2D eigenvalue weighted by atomic mass is 32.2. The average Bonchev–Trinajstić information content (AvgIpc) is 3.30. The van der Waals surface area contributed by atoms with Crippen molar-refractivity contribution in [3.8, 4) is 5.75 Å². The van der Waals surface area contributed by atoms with Gasteiger partial charge in [-0.1, -0.05) is 12.1 Å². The first kappa shape index (κ1) is 22.7. The number of ether oxygens (including phenoxy) is 1. The number of rotatable bonds is 7.